The Bertz CT molecular complexity index is 415. The van der Waals surface area contributed by atoms with Crippen LogP contribution in [0.3, 0.4) is 0 Å². The predicted octanol–water partition coefficient (Wildman–Crippen LogP) is 0.769. The highest BCUT2D eigenvalue weighted by molar-refractivity contribution is 5.85. The van der Waals surface area contributed by atoms with E-state index in [1.807, 2.05) is 0 Å². The summed E-state index contributed by atoms with van der Waals surface area (Å²) in [5.74, 6) is -0.288. The molecule has 1 N–H and O–H groups in total. The van der Waals surface area contributed by atoms with Crippen molar-refractivity contribution in [2.24, 2.45) is 5.92 Å². The Morgan fingerprint density at radius 2 is 2.41 bits per heavy atom. The van der Waals surface area contributed by atoms with Crippen molar-refractivity contribution in [3.8, 4) is 6.01 Å². The van der Waals surface area contributed by atoms with Crippen molar-refractivity contribution in [1.82, 2.24) is 9.55 Å². The standard InChI is InChI=1S/C11H14N2O4/c14-10(15)9-4-13-3-8(17-11(13)12-9)6-16-5-7-1-2-7/h4,7-8H,1-3,5-6H2,(H,14,15). The summed E-state index contributed by atoms with van der Waals surface area (Å²) < 4.78 is 12.8. The summed E-state index contributed by atoms with van der Waals surface area (Å²) in [6, 6.07) is 0.377. The molecule has 1 aliphatic carbocycles. The third-order valence-corrected chi connectivity index (χ3v) is 2.99. The highest BCUT2D eigenvalue weighted by Crippen LogP contribution is 2.29. The second-order valence-corrected chi connectivity index (χ2v) is 4.59. The average Bonchev–Trinajstić information content (AvgIpc) is 2.86. The van der Waals surface area contributed by atoms with Gasteiger partial charge in [0.15, 0.2) is 5.69 Å². The van der Waals surface area contributed by atoms with Gasteiger partial charge in [-0.3, -0.25) is 4.57 Å². The van der Waals surface area contributed by atoms with Crippen LogP contribution in [0.4, 0.5) is 0 Å². The number of imidazole rings is 1. The molecule has 0 aromatic carbocycles. The van der Waals surface area contributed by atoms with E-state index in [9.17, 15) is 4.79 Å². The van der Waals surface area contributed by atoms with Gasteiger partial charge in [-0.1, -0.05) is 0 Å². The van der Waals surface area contributed by atoms with Gasteiger partial charge in [0.25, 0.3) is 6.01 Å². The minimum absolute atomic E-state index is 0.0253. The Hall–Kier alpha value is -1.56. The first-order valence-electron chi connectivity index (χ1n) is 5.77. The highest BCUT2D eigenvalue weighted by atomic mass is 16.6. The minimum Gasteiger partial charge on any atom is -0.476 e. The smallest absolute Gasteiger partial charge is 0.356 e. The number of hydrogen-bond acceptors (Lipinski definition) is 4. The van der Waals surface area contributed by atoms with Crippen LogP contribution in [0.1, 0.15) is 23.3 Å². The lowest BCUT2D eigenvalue weighted by atomic mass is 10.4. The summed E-state index contributed by atoms with van der Waals surface area (Å²) in [5.41, 5.74) is 0.0253. The van der Waals surface area contributed by atoms with E-state index >= 15 is 0 Å². The molecule has 1 unspecified atom stereocenters. The van der Waals surface area contributed by atoms with Gasteiger partial charge in [-0.2, -0.15) is 4.98 Å². The fourth-order valence-electron chi connectivity index (χ4n) is 1.87. The Balaban J connectivity index is 1.52. The SMILES string of the molecule is O=C(O)c1cn2c(n1)OC(COCC1CC1)C2. The van der Waals surface area contributed by atoms with E-state index in [1.165, 1.54) is 19.0 Å². The number of aromatic carboxylic acids is 1. The molecule has 92 valence electrons. The van der Waals surface area contributed by atoms with E-state index in [2.05, 4.69) is 4.98 Å². The van der Waals surface area contributed by atoms with Crippen LogP contribution in [0.2, 0.25) is 0 Å². The van der Waals surface area contributed by atoms with Crippen LogP contribution in [0.5, 0.6) is 6.01 Å². The molecule has 1 fully saturated rings. The van der Waals surface area contributed by atoms with Crippen LogP contribution >= 0.6 is 0 Å². The van der Waals surface area contributed by atoms with Crippen molar-refractivity contribution in [3.63, 3.8) is 0 Å². The van der Waals surface area contributed by atoms with Gasteiger partial charge < -0.3 is 14.6 Å². The molecule has 1 aliphatic heterocycles. The van der Waals surface area contributed by atoms with E-state index in [4.69, 9.17) is 14.6 Å². The zero-order valence-corrected chi connectivity index (χ0v) is 9.33. The van der Waals surface area contributed by atoms with E-state index in [0.717, 1.165) is 12.5 Å². The molecule has 1 aromatic heterocycles. The number of carboxylic acids is 1. The number of fused-ring (bicyclic) bond motifs is 1. The van der Waals surface area contributed by atoms with Gasteiger partial charge in [-0.25, -0.2) is 4.79 Å². The average molecular weight is 238 g/mol. The Morgan fingerprint density at radius 1 is 1.59 bits per heavy atom. The summed E-state index contributed by atoms with van der Waals surface area (Å²) >= 11 is 0. The second-order valence-electron chi connectivity index (χ2n) is 4.59. The van der Waals surface area contributed by atoms with E-state index in [-0.39, 0.29) is 11.8 Å². The number of ether oxygens (including phenoxy) is 2. The van der Waals surface area contributed by atoms with Crippen molar-refractivity contribution in [1.29, 1.82) is 0 Å². The lowest BCUT2D eigenvalue weighted by Crippen LogP contribution is -2.22. The van der Waals surface area contributed by atoms with Crippen LogP contribution in [-0.4, -0.2) is 39.9 Å². The van der Waals surface area contributed by atoms with E-state index in [0.29, 0.717) is 19.2 Å². The lowest BCUT2D eigenvalue weighted by molar-refractivity contribution is 0.0519. The number of aromatic nitrogens is 2. The summed E-state index contributed by atoms with van der Waals surface area (Å²) in [6.45, 7) is 1.96. The van der Waals surface area contributed by atoms with Crippen LogP contribution in [-0.2, 0) is 11.3 Å². The van der Waals surface area contributed by atoms with Crippen molar-refractivity contribution in [2.75, 3.05) is 13.2 Å². The third-order valence-electron chi connectivity index (χ3n) is 2.99. The van der Waals surface area contributed by atoms with E-state index < -0.39 is 5.97 Å². The molecule has 0 radical (unpaired) electrons. The summed E-state index contributed by atoms with van der Waals surface area (Å²) in [6.07, 6.45) is 4.00. The highest BCUT2D eigenvalue weighted by Gasteiger charge is 2.28. The molecule has 6 nitrogen and oxygen atoms in total. The molecular weight excluding hydrogens is 224 g/mol. The molecule has 6 heteroatoms. The number of carboxylic acid groups (broad SMARTS) is 1. The minimum atomic E-state index is -1.03. The van der Waals surface area contributed by atoms with Crippen molar-refractivity contribution in [2.45, 2.75) is 25.5 Å². The molecule has 0 bridgehead atoms. The van der Waals surface area contributed by atoms with Crippen molar-refractivity contribution in [3.05, 3.63) is 11.9 Å². The summed E-state index contributed by atoms with van der Waals surface area (Å²) in [5, 5.41) is 8.76. The first kappa shape index (κ1) is 10.6. The fourth-order valence-corrected chi connectivity index (χ4v) is 1.87. The van der Waals surface area contributed by atoms with Crippen LogP contribution in [0, 0.1) is 5.92 Å². The Morgan fingerprint density at radius 3 is 3.06 bits per heavy atom. The molecule has 0 spiro atoms. The molecule has 1 saturated carbocycles. The second kappa shape index (κ2) is 4.03. The zero-order valence-electron chi connectivity index (χ0n) is 9.33. The van der Waals surface area contributed by atoms with Gasteiger partial charge >= 0.3 is 5.97 Å². The maximum Gasteiger partial charge on any atom is 0.356 e. The number of carbonyl (C=O) groups is 1. The number of hydrogen-bond donors (Lipinski definition) is 1. The molecule has 2 aliphatic rings. The maximum atomic E-state index is 10.7. The number of rotatable bonds is 5. The first-order chi connectivity index (χ1) is 8.22. The monoisotopic (exact) mass is 238 g/mol. The van der Waals surface area contributed by atoms with Gasteiger partial charge in [0.05, 0.1) is 13.2 Å². The van der Waals surface area contributed by atoms with Crippen molar-refractivity contribution < 1.29 is 19.4 Å². The molecule has 1 atom stereocenters. The molecule has 17 heavy (non-hydrogen) atoms. The largest absolute Gasteiger partial charge is 0.476 e. The van der Waals surface area contributed by atoms with Gasteiger partial charge in [-0.05, 0) is 18.8 Å². The Labute approximate surface area is 98.2 Å². The molecule has 3 rings (SSSR count). The van der Waals surface area contributed by atoms with Gasteiger partial charge in [0, 0.05) is 12.8 Å². The van der Waals surface area contributed by atoms with Crippen LogP contribution < -0.4 is 4.74 Å². The van der Waals surface area contributed by atoms with Crippen molar-refractivity contribution >= 4 is 5.97 Å². The van der Waals surface area contributed by atoms with Gasteiger partial charge in [-0.15, -0.1) is 0 Å². The summed E-state index contributed by atoms with van der Waals surface area (Å²) in [7, 11) is 0. The summed E-state index contributed by atoms with van der Waals surface area (Å²) in [4.78, 5) is 14.6. The molecular formula is C11H14N2O4. The Kier molecular flexibility index (Phi) is 2.51. The molecule has 1 aromatic rings. The fraction of sp³-hybridized carbons (Fsp3) is 0.636. The predicted molar refractivity (Wildman–Crippen MR) is 57.1 cm³/mol. The first-order valence-corrected chi connectivity index (χ1v) is 5.77. The topological polar surface area (TPSA) is 73.6 Å². The van der Waals surface area contributed by atoms with Gasteiger partial charge in [0.1, 0.15) is 6.10 Å². The molecule has 0 amide bonds. The van der Waals surface area contributed by atoms with E-state index in [1.54, 1.807) is 4.57 Å². The zero-order chi connectivity index (χ0) is 11.8. The number of nitrogens with zero attached hydrogens (tertiary/aromatic N) is 2. The lowest BCUT2D eigenvalue weighted by Gasteiger charge is -2.09. The molecule has 0 saturated heterocycles. The van der Waals surface area contributed by atoms with Crippen LogP contribution in [0.15, 0.2) is 6.20 Å². The maximum absolute atomic E-state index is 10.7. The third kappa shape index (κ3) is 2.26. The quantitative estimate of drug-likeness (QED) is 0.820. The normalized spacial score (nSPS) is 22.2. The molecule has 2 heterocycles. The van der Waals surface area contributed by atoms with Gasteiger partial charge in [0.2, 0.25) is 0 Å². The van der Waals surface area contributed by atoms with Crippen LogP contribution in [0.25, 0.3) is 0 Å².